The van der Waals surface area contributed by atoms with Crippen molar-refractivity contribution in [3.8, 4) is 0 Å². The third kappa shape index (κ3) is 11.0. The first-order chi connectivity index (χ1) is 20.5. The van der Waals surface area contributed by atoms with E-state index in [1.165, 1.54) is 10.8 Å². The fourth-order valence-electron chi connectivity index (χ4n) is 4.23. The van der Waals surface area contributed by atoms with Crippen LogP contribution in [0.25, 0.3) is 32.3 Å². The van der Waals surface area contributed by atoms with E-state index in [1.54, 1.807) is 43.4 Å². The van der Waals surface area contributed by atoms with Crippen LogP contribution in [0.3, 0.4) is 0 Å². The second kappa shape index (κ2) is 20.5. The van der Waals surface area contributed by atoms with Crippen molar-refractivity contribution in [2.45, 2.75) is 6.42 Å². The molecule has 0 aromatic heterocycles. The summed E-state index contributed by atoms with van der Waals surface area (Å²) in [6.07, 6.45) is 10.0. The van der Waals surface area contributed by atoms with E-state index in [0.717, 1.165) is 28.0 Å². The summed E-state index contributed by atoms with van der Waals surface area (Å²) in [5.41, 5.74) is 0.719. The Labute approximate surface area is 273 Å². The number of fused-ring (bicyclic) bond motifs is 3. The van der Waals surface area contributed by atoms with Crippen molar-refractivity contribution in [2.75, 3.05) is 0 Å². The molecule has 1 aliphatic carbocycles. The minimum Gasteiger partial charge on any atom is -0.168 e. The Morgan fingerprint density at radius 3 is 1.50 bits per heavy atom. The Morgan fingerprint density at radius 2 is 1.09 bits per heavy atom. The zero-order valence-electron chi connectivity index (χ0n) is 24.8. The number of carboxylic acids is 2. The molecular formula is C38H34O4SiTi-4. The molecular weight excluding hydrogens is 596 g/mol. The molecule has 0 amide bonds. The first-order valence-corrected chi connectivity index (χ1v) is 15.9. The van der Waals surface area contributed by atoms with Crippen LogP contribution in [0.5, 0.6) is 0 Å². The van der Waals surface area contributed by atoms with Gasteiger partial charge in [0.1, 0.15) is 0 Å². The first kappa shape index (κ1) is 37.6. The third-order valence-electron chi connectivity index (χ3n) is 6.17. The van der Waals surface area contributed by atoms with Crippen LogP contribution in [-0.2, 0) is 19.2 Å². The van der Waals surface area contributed by atoms with Crippen molar-refractivity contribution in [1.82, 2.24) is 0 Å². The van der Waals surface area contributed by atoms with Gasteiger partial charge in [0.2, 0.25) is 0 Å². The van der Waals surface area contributed by atoms with Gasteiger partial charge < -0.3 is 25.1 Å². The van der Waals surface area contributed by atoms with Crippen LogP contribution >= 0.6 is 0 Å². The number of rotatable bonds is 2. The average molecular weight is 631 g/mol. The normalized spacial score (nSPS) is 10.2. The van der Waals surface area contributed by atoms with Crippen LogP contribution in [-0.4, -0.2) is 29.8 Å². The van der Waals surface area contributed by atoms with Gasteiger partial charge >= 0.3 is 38.7 Å². The fourth-order valence-corrected chi connectivity index (χ4v) is 4.23. The second-order valence-corrected chi connectivity index (χ2v) is 8.82. The summed E-state index contributed by atoms with van der Waals surface area (Å²) >= 11 is 1.81. The molecule has 0 heterocycles. The van der Waals surface area contributed by atoms with Crippen LogP contribution < -0.4 is 0 Å². The molecule has 6 aromatic rings. The van der Waals surface area contributed by atoms with E-state index in [0.29, 0.717) is 11.1 Å². The summed E-state index contributed by atoms with van der Waals surface area (Å²) < 4.78 is 0. The molecule has 2 radical (unpaired) electrons. The number of carbonyl (C=O) groups is 2. The molecule has 0 fully saturated rings. The van der Waals surface area contributed by atoms with Crippen molar-refractivity contribution >= 4 is 51.9 Å². The predicted octanol–water partition coefficient (Wildman–Crippen LogP) is 9.46. The molecule has 222 valence electrons. The van der Waals surface area contributed by atoms with Crippen molar-refractivity contribution in [3.63, 3.8) is 0 Å². The van der Waals surface area contributed by atoms with E-state index in [9.17, 15) is 9.59 Å². The van der Waals surface area contributed by atoms with Gasteiger partial charge in [-0.2, -0.15) is 23.6 Å². The summed E-state index contributed by atoms with van der Waals surface area (Å²) in [5.74, 6) is -1.76. The third-order valence-corrected chi connectivity index (χ3v) is 6.17. The van der Waals surface area contributed by atoms with E-state index in [4.69, 9.17) is 10.2 Å². The van der Waals surface area contributed by atoms with Gasteiger partial charge in [-0.3, -0.25) is 6.08 Å². The zero-order valence-corrected chi connectivity index (χ0v) is 27.3. The fraction of sp³-hybridized carbons (Fsp3) is 0.0263. The predicted molar refractivity (Wildman–Crippen MR) is 182 cm³/mol. The Bertz CT molecular complexity index is 1680. The van der Waals surface area contributed by atoms with E-state index in [2.05, 4.69) is 62.2 Å². The van der Waals surface area contributed by atoms with Gasteiger partial charge in [0.25, 0.3) is 0 Å². The molecule has 2 N–H and O–H groups in total. The summed E-state index contributed by atoms with van der Waals surface area (Å²) in [7, 11) is 2.97. The Morgan fingerprint density at radius 1 is 0.636 bits per heavy atom. The van der Waals surface area contributed by atoms with Gasteiger partial charge in [0, 0.05) is 0 Å². The molecule has 0 atom stereocenters. The largest absolute Gasteiger partial charge is 0.168 e. The number of carboxylic acid groups (broad SMARTS) is 2. The number of hydrogen-bond acceptors (Lipinski definition) is 2. The Balaban J connectivity index is 0.000000295. The van der Waals surface area contributed by atoms with Crippen LogP contribution in [0, 0.1) is 20.9 Å². The Hall–Kier alpha value is -4.42. The van der Waals surface area contributed by atoms with Crippen LogP contribution in [0.2, 0.25) is 0 Å². The smallest absolute Gasteiger partial charge is 0.0809 e. The topological polar surface area (TPSA) is 74.6 Å². The van der Waals surface area contributed by atoms with Crippen LogP contribution in [0.4, 0.5) is 0 Å². The molecule has 0 spiro atoms. The number of benzene rings is 5. The van der Waals surface area contributed by atoms with Gasteiger partial charge in [-0.25, -0.2) is 21.7 Å². The monoisotopic (exact) mass is 630 g/mol. The standard InChI is InChI=1S/2C11H8O2.C9H7.C5H5.2CH3.Si.Ti/c2*12-11(13)10-7-3-5-8-4-1-2-6-9(8)10;1-2-5-9-7-3-6-8(9)4-1;1-2-4-5-3-1;;;;/h2*1-7H,(H,12,13);1-7H;1-3H,4H2;2*1H3;;/q;;4*-1;;. The molecule has 44 heavy (non-hydrogen) atoms. The maximum absolute atomic E-state index is 10.8. The van der Waals surface area contributed by atoms with Gasteiger partial charge in [-0.15, -0.1) is 36.1 Å². The first-order valence-electron chi connectivity index (χ1n) is 13.0. The molecule has 7 rings (SSSR count). The minimum atomic E-state index is -0.878. The molecule has 6 heteroatoms. The second-order valence-electron chi connectivity index (χ2n) is 8.82. The molecule has 0 bridgehead atoms. The van der Waals surface area contributed by atoms with Crippen LogP contribution in [0.1, 0.15) is 27.1 Å². The maximum Gasteiger partial charge on any atom is -0.0809 e. The van der Waals surface area contributed by atoms with Gasteiger partial charge in [-0.1, -0.05) is 78.9 Å². The Kier molecular flexibility index (Phi) is 17.5. The summed E-state index contributed by atoms with van der Waals surface area (Å²) in [4.78, 5) is 21.6. The molecule has 0 saturated heterocycles. The molecule has 0 unspecified atom stereocenters. The molecule has 0 saturated carbocycles. The van der Waals surface area contributed by atoms with Gasteiger partial charge in [0.05, 0.1) is 11.1 Å². The summed E-state index contributed by atoms with van der Waals surface area (Å²) in [5, 5.41) is 23.9. The van der Waals surface area contributed by atoms with Gasteiger partial charge in [0.15, 0.2) is 0 Å². The molecule has 4 nitrogen and oxygen atoms in total. The van der Waals surface area contributed by atoms with Crippen LogP contribution in [0.15, 0.2) is 146 Å². The van der Waals surface area contributed by atoms with Crippen molar-refractivity contribution in [1.29, 1.82) is 0 Å². The van der Waals surface area contributed by atoms with E-state index >= 15 is 0 Å². The van der Waals surface area contributed by atoms with Crippen molar-refractivity contribution in [2.24, 2.45) is 0 Å². The minimum absolute atomic E-state index is 0. The maximum atomic E-state index is 10.8. The molecule has 0 aliphatic heterocycles. The number of hydrogen-bond donors (Lipinski definition) is 2. The zero-order chi connectivity index (χ0) is 30.2. The van der Waals surface area contributed by atoms with E-state index in [1.807, 2.05) is 72.8 Å². The number of allylic oxidation sites excluding steroid dienone is 4. The SMILES string of the molecule is O=C(O)c1cccc2ccccc12.O=C(O)c1cccc2ccccc12.[C-]1=CC=CC1.[CH3-].[CH3-].[Si]=[Ti].c1ccc2[cH-]ccc2c1. The average Bonchev–Trinajstić information content (AvgIpc) is 3.78. The quantitative estimate of drug-likeness (QED) is 0.148. The van der Waals surface area contributed by atoms with Crippen molar-refractivity contribution < 1.29 is 39.0 Å². The van der Waals surface area contributed by atoms with Crippen molar-refractivity contribution in [3.05, 3.63) is 178 Å². The molecule has 1 aliphatic rings. The van der Waals surface area contributed by atoms with E-state index < -0.39 is 11.9 Å². The summed E-state index contributed by atoms with van der Waals surface area (Å²) in [6, 6.07) is 40.1. The van der Waals surface area contributed by atoms with E-state index in [-0.39, 0.29) is 14.9 Å². The number of aromatic carboxylic acids is 2. The van der Waals surface area contributed by atoms with Gasteiger partial charge in [-0.05, 0) is 33.7 Å². The molecule has 6 aromatic carbocycles. The summed E-state index contributed by atoms with van der Waals surface area (Å²) in [6.45, 7) is 0.